The number of carbonyl (C=O) groups excluding carboxylic acids is 1. The van der Waals surface area contributed by atoms with Gasteiger partial charge in [0.2, 0.25) is 5.91 Å². The maximum atomic E-state index is 11.7. The summed E-state index contributed by atoms with van der Waals surface area (Å²) in [6.45, 7) is 5.46. The third-order valence-corrected chi connectivity index (χ3v) is 4.45. The molecule has 0 saturated carbocycles. The van der Waals surface area contributed by atoms with Gasteiger partial charge >= 0.3 is 0 Å². The summed E-state index contributed by atoms with van der Waals surface area (Å²) in [4.78, 5) is 13.8. The van der Waals surface area contributed by atoms with Crippen LogP contribution in [0.25, 0.3) is 0 Å². The average molecular weight is 281 g/mol. The summed E-state index contributed by atoms with van der Waals surface area (Å²) in [6, 6.07) is 8.65. The van der Waals surface area contributed by atoms with Gasteiger partial charge in [-0.3, -0.25) is 4.79 Å². The van der Waals surface area contributed by atoms with Crippen molar-refractivity contribution in [1.29, 1.82) is 0 Å². The fraction of sp³-hybridized carbons (Fsp3) is 0.533. The third-order valence-electron chi connectivity index (χ3n) is 4.45. The second-order valence-corrected chi connectivity index (χ2v) is 5.56. The summed E-state index contributed by atoms with van der Waals surface area (Å²) in [7, 11) is 0. The molecular weight excluding hydrogens is 260 g/mol. The van der Waals surface area contributed by atoms with Crippen LogP contribution < -0.4 is 5.32 Å². The summed E-state index contributed by atoms with van der Waals surface area (Å²) in [5.74, 6) is 0.197. The van der Waals surface area contributed by atoms with Gasteiger partial charge in [0.05, 0.1) is 0 Å². The van der Waals surface area contributed by atoms with E-state index in [-0.39, 0.29) is 23.7 Å². The molecule has 1 aromatic carbocycles. The van der Waals surface area contributed by atoms with Crippen LogP contribution in [0.3, 0.4) is 0 Å². The van der Waals surface area contributed by atoms with Crippen molar-refractivity contribution in [3.63, 3.8) is 0 Å². The van der Waals surface area contributed by atoms with Crippen LogP contribution in [0, 0.1) is 0 Å². The molecule has 2 aliphatic heterocycles. The maximum Gasteiger partial charge on any atom is 0.219 e. The first-order valence-corrected chi connectivity index (χ1v) is 6.76. The Bertz CT molecular complexity index is 469. The van der Waals surface area contributed by atoms with Crippen molar-refractivity contribution in [2.24, 2.45) is 0 Å². The summed E-state index contributed by atoms with van der Waals surface area (Å²) in [6.07, 6.45) is 2.27. The molecule has 3 nitrogen and oxygen atoms in total. The molecule has 1 N–H and O–H groups in total. The van der Waals surface area contributed by atoms with Gasteiger partial charge < -0.3 is 10.2 Å². The van der Waals surface area contributed by atoms with Gasteiger partial charge in [-0.1, -0.05) is 24.3 Å². The van der Waals surface area contributed by atoms with Gasteiger partial charge in [0.1, 0.15) is 0 Å². The van der Waals surface area contributed by atoms with Crippen molar-refractivity contribution in [2.75, 3.05) is 19.6 Å². The lowest BCUT2D eigenvalue weighted by Crippen LogP contribution is -2.52. The number of amides is 1. The molecule has 1 amide bonds. The molecule has 0 unspecified atom stereocenters. The predicted molar refractivity (Wildman–Crippen MR) is 78.6 cm³/mol. The SMILES string of the molecule is CC(=O)N1Cc2ccccc2C2(CCNCC2)C1.Cl. The number of nitrogens with zero attached hydrogens (tertiary/aromatic N) is 1. The highest BCUT2D eigenvalue weighted by atomic mass is 35.5. The molecule has 0 aliphatic carbocycles. The van der Waals surface area contributed by atoms with Gasteiger partial charge in [-0.2, -0.15) is 0 Å². The predicted octanol–water partition coefficient (Wildman–Crippen LogP) is 2.09. The number of rotatable bonds is 0. The normalized spacial score (nSPS) is 20.6. The highest BCUT2D eigenvalue weighted by Crippen LogP contribution is 2.40. The number of hydrogen-bond acceptors (Lipinski definition) is 2. The van der Waals surface area contributed by atoms with E-state index >= 15 is 0 Å². The van der Waals surface area contributed by atoms with Crippen molar-refractivity contribution in [3.05, 3.63) is 35.4 Å². The van der Waals surface area contributed by atoms with E-state index in [1.807, 2.05) is 4.90 Å². The Morgan fingerprint density at radius 3 is 2.63 bits per heavy atom. The maximum absolute atomic E-state index is 11.7. The molecule has 0 aromatic heterocycles. The summed E-state index contributed by atoms with van der Waals surface area (Å²) >= 11 is 0. The highest BCUT2D eigenvalue weighted by molar-refractivity contribution is 5.85. The number of nitrogens with one attached hydrogen (secondary N) is 1. The number of hydrogen-bond donors (Lipinski definition) is 1. The first kappa shape index (κ1) is 14.4. The molecule has 0 bridgehead atoms. The van der Waals surface area contributed by atoms with E-state index in [1.54, 1.807) is 6.92 Å². The average Bonchev–Trinajstić information content (AvgIpc) is 2.40. The first-order chi connectivity index (χ1) is 8.71. The van der Waals surface area contributed by atoms with Crippen molar-refractivity contribution in [2.45, 2.75) is 31.7 Å². The molecule has 1 spiro atoms. The minimum Gasteiger partial charge on any atom is -0.338 e. The topological polar surface area (TPSA) is 32.3 Å². The third kappa shape index (κ3) is 2.49. The fourth-order valence-electron chi connectivity index (χ4n) is 3.44. The molecule has 19 heavy (non-hydrogen) atoms. The number of piperidine rings is 1. The number of halogens is 1. The molecule has 2 heterocycles. The standard InChI is InChI=1S/C15H20N2O.ClH/c1-12(18)17-10-13-4-2-3-5-14(13)15(11-17)6-8-16-9-7-15;/h2-5,16H,6-11H2,1H3;1H. The zero-order chi connectivity index (χ0) is 12.6. The van der Waals surface area contributed by atoms with Crippen LogP contribution in [0.5, 0.6) is 0 Å². The van der Waals surface area contributed by atoms with Crippen LogP contribution in [0.2, 0.25) is 0 Å². The fourth-order valence-corrected chi connectivity index (χ4v) is 3.44. The molecule has 1 saturated heterocycles. The van der Waals surface area contributed by atoms with E-state index in [4.69, 9.17) is 0 Å². The lowest BCUT2D eigenvalue weighted by atomic mass is 9.69. The van der Waals surface area contributed by atoms with Crippen LogP contribution in [-0.2, 0) is 16.8 Å². The smallest absolute Gasteiger partial charge is 0.219 e. The van der Waals surface area contributed by atoms with Crippen molar-refractivity contribution in [1.82, 2.24) is 10.2 Å². The number of fused-ring (bicyclic) bond motifs is 2. The van der Waals surface area contributed by atoms with E-state index in [9.17, 15) is 4.79 Å². The van der Waals surface area contributed by atoms with E-state index in [0.29, 0.717) is 0 Å². The minimum absolute atomic E-state index is 0. The van der Waals surface area contributed by atoms with Gasteiger partial charge in [0.25, 0.3) is 0 Å². The first-order valence-electron chi connectivity index (χ1n) is 6.76. The second kappa shape index (κ2) is 5.51. The van der Waals surface area contributed by atoms with Crippen LogP contribution in [-0.4, -0.2) is 30.4 Å². The van der Waals surface area contributed by atoms with E-state index in [2.05, 4.69) is 29.6 Å². The van der Waals surface area contributed by atoms with Crippen LogP contribution >= 0.6 is 12.4 Å². The molecule has 0 atom stereocenters. The zero-order valence-electron chi connectivity index (χ0n) is 11.3. The van der Waals surface area contributed by atoms with Crippen LogP contribution in [0.1, 0.15) is 30.9 Å². The minimum atomic E-state index is 0. The highest BCUT2D eigenvalue weighted by Gasteiger charge is 2.40. The van der Waals surface area contributed by atoms with E-state index in [1.165, 1.54) is 11.1 Å². The van der Waals surface area contributed by atoms with Crippen LogP contribution in [0.15, 0.2) is 24.3 Å². The molecule has 3 rings (SSSR count). The Morgan fingerprint density at radius 1 is 1.26 bits per heavy atom. The lowest BCUT2D eigenvalue weighted by Gasteiger charge is -2.46. The van der Waals surface area contributed by atoms with Crippen molar-refractivity contribution in [3.8, 4) is 0 Å². The Labute approximate surface area is 120 Å². The van der Waals surface area contributed by atoms with Gasteiger partial charge in [0.15, 0.2) is 0 Å². The van der Waals surface area contributed by atoms with Gasteiger partial charge in [0, 0.05) is 25.4 Å². The molecule has 1 fully saturated rings. The Balaban J connectivity index is 0.00000133. The summed E-state index contributed by atoms with van der Waals surface area (Å²) in [5, 5.41) is 3.43. The van der Waals surface area contributed by atoms with Gasteiger partial charge in [-0.15, -0.1) is 12.4 Å². The molecule has 0 radical (unpaired) electrons. The summed E-state index contributed by atoms with van der Waals surface area (Å²) < 4.78 is 0. The Kier molecular flexibility index (Phi) is 4.16. The van der Waals surface area contributed by atoms with E-state index < -0.39 is 0 Å². The van der Waals surface area contributed by atoms with Crippen molar-refractivity contribution >= 4 is 18.3 Å². The van der Waals surface area contributed by atoms with Crippen molar-refractivity contribution < 1.29 is 4.79 Å². The van der Waals surface area contributed by atoms with Crippen LogP contribution in [0.4, 0.5) is 0 Å². The lowest BCUT2D eigenvalue weighted by molar-refractivity contribution is -0.131. The van der Waals surface area contributed by atoms with Gasteiger partial charge in [-0.25, -0.2) is 0 Å². The largest absolute Gasteiger partial charge is 0.338 e. The van der Waals surface area contributed by atoms with Gasteiger partial charge in [-0.05, 0) is 37.1 Å². The molecule has 1 aromatic rings. The summed E-state index contributed by atoms with van der Waals surface area (Å²) in [5.41, 5.74) is 3.00. The quantitative estimate of drug-likeness (QED) is 0.789. The molecule has 2 aliphatic rings. The Morgan fingerprint density at radius 2 is 1.95 bits per heavy atom. The number of carbonyl (C=O) groups is 1. The monoisotopic (exact) mass is 280 g/mol. The Hall–Kier alpha value is -1.06. The molecule has 4 heteroatoms. The second-order valence-electron chi connectivity index (χ2n) is 5.56. The molecule has 104 valence electrons. The zero-order valence-corrected chi connectivity index (χ0v) is 12.1. The number of benzene rings is 1. The molecular formula is C15H21ClN2O. The van der Waals surface area contributed by atoms with E-state index in [0.717, 1.165) is 39.0 Å².